The summed E-state index contributed by atoms with van der Waals surface area (Å²) in [6, 6.07) is 1.39. The molecule has 1 aromatic rings. The van der Waals surface area contributed by atoms with Gasteiger partial charge in [-0.1, -0.05) is 30.7 Å². The summed E-state index contributed by atoms with van der Waals surface area (Å²) in [5, 5.41) is 2.82. The van der Waals surface area contributed by atoms with E-state index in [2.05, 4.69) is 28.9 Å². The molecule has 7 nitrogen and oxygen atoms in total. The van der Waals surface area contributed by atoms with Crippen LogP contribution in [0.2, 0.25) is 0 Å². The fourth-order valence-corrected chi connectivity index (χ4v) is 4.36. The molecule has 0 spiro atoms. The molecule has 0 bridgehead atoms. The number of aliphatic imine (C=N–C) groups is 2. The molecule has 0 aliphatic carbocycles. The standard InChI is InChI=1S/C23H31N3O4S/c1-5-8-16(3)13-18(14-24-4)22(28)26-23-25-20(17-10-12-30-15-17)21(31-23)19(27)9-7-11-29-6-2/h10,12-15,20-21H,4-9,11H2,1-3H3,(H,25,26,28)/b16-13+,18-14+. The van der Waals surface area contributed by atoms with E-state index in [0.29, 0.717) is 36.8 Å². The SMILES string of the molecule is C=N/C=C(\C=C(/C)CCC)C(=O)NC1=NC(c2ccoc2)C(C(=O)CCCOCC)S1. The smallest absolute Gasteiger partial charge is 0.258 e. The minimum absolute atomic E-state index is 0.0751. The van der Waals surface area contributed by atoms with Gasteiger partial charge in [-0.3, -0.25) is 19.6 Å². The number of hydrogen-bond donors (Lipinski definition) is 1. The number of thioether (sulfide) groups is 1. The van der Waals surface area contributed by atoms with Gasteiger partial charge in [0.15, 0.2) is 5.17 Å². The molecule has 0 aromatic carbocycles. The number of amidine groups is 1. The zero-order chi connectivity index (χ0) is 22.6. The molecule has 2 rings (SSSR count). The van der Waals surface area contributed by atoms with Crippen LogP contribution in [-0.4, -0.2) is 42.0 Å². The fourth-order valence-electron chi connectivity index (χ4n) is 3.20. The maximum atomic E-state index is 12.9. The maximum absolute atomic E-state index is 12.9. The fraction of sp³-hybridized carbons (Fsp3) is 0.478. The summed E-state index contributed by atoms with van der Waals surface area (Å²) in [7, 11) is 0. The van der Waals surface area contributed by atoms with Crippen molar-refractivity contribution in [3.63, 3.8) is 0 Å². The molecule has 168 valence electrons. The van der Waals surface area contributed by atoms with E-state index in [9.17, 15) is 9.59 Å². The lowest BCUT2D eigenvalue weighted by molar-refractivity contribution is -0.119. The van der Waals surface area contributed by atoms with E-state index in [1.165, 1.54) is 18.0 Å². The Labute approximate surface area is 188 Å². The number of furan rings is 1. The molecule has 1 amide bonds. The first-order valence-electron chi connectivity index (χ1n) is 10.5. The van der Waals surface area contributed by atoms with Crippen molar-refractivity contribution in [1.82, 2.24) is 5.32 Å². The molecule has 2 atom stereocenters. The van der Waals surface area contributed by atoms with Gasteiger partial charge in [-0.05, 0) is 45.5 Å². The van der Waals surface area contributed by atoms with Crippen molar-refractivity contribution < 1.29 is 18.7 Å². The summed E-state index contributed by atoms with van der Waals surface area (Å²) in [6.07, 6.45) is 9.30. The monoisotopic (exact) mass is 445 g/mol. The van der Waals surface area contributed by atoms with Gasteiger partial charge in [-0.2, -0.15) is 0 Å². The number of ketones is 1. The molecular weight excluding hydrogens is 414 g/mol. The van der Waals surface area contributed by atoms with Crippen LogP contribution in [-0.2, 0) is 14.3 Å². The molecule has 2 unspecified atom stereocenters. The molecule has 0 saturated carbocycles. The number of rotatable bonds is 12. The van der Waals surface area contributed by atoms with Gasteiger partial charge in [0, 0.05) is 31.4 Å². The summed E-state index contributed by atoms with van der Waals surface area (Å²) in [5.41, 5.74) is 2.28. The molecule has 31 heavy (non-hydrogen) atoms. The molecule has 1 aliphatic heterocycles. The minimum atomic E-state index is -0.420. The Kier molecular flexibility index (Phi) is 10.5. The molecule has 1 N–H and O–H groups in total. The highest BCUT2D eigenvalue weighted by Crippen LogP contribution is 2.38. The molecular formula is C23H31N3O4S. The number of hydrogen-bond acceptors (Lipinski definition) is 7. The summed E-state index contributed by atoms with van der Waals surface area (Å²) in [5.74, 6) is -0.254. The summed E-state index contributed by atoms with van der Waals surface area (Å²) in [6.45, 7) is 10.6. The second-order valence-electron chi connectivity index (χ2n) is 7.20. The van der Waals surface area contributed by atoms with Gasteiger partial charge in [-0.15, -0.1) is 0 Å². The molecule has 1 aromatic heterocycles. The Balaban J connectivity index is 2.13. The van der Waals surface area contributed by atoms with Crippen molar-refractivity contribution in [2.75, 3.05) is 13.2 Å². The van der Waals surface area contributed by atoms with Crippen LogP contribution >= 0.6 is 11.8 Å². The lowest BCUT2D eigenvalue weighted by Crippen LogP contribution is -2.29. The van der Waals surface area contributed by atoms with Gasteiger partial charge in [0.2, 0.25) is 0 Å². The van der Waals surface area contributed by atoms with Crippen molar-refractivity contribution >= 4 is 35.3 Å². The van der Waals surface area contributed by atoms with E-state index < -0.39 is 11.3 Å². The number of nitrogens with one attached hydrogen (secondary N) is 1. The van der Waals surface area contributed by atoms with Gasteiger partial charge in [0.1, 0.15) is 11.8 Å². The van der Waals surface area contributed by atoms with Gasteiger partial charge in [0.05, 0.1) is 23.3 Å². The van der Waals surface area contributed by atoms with Gasteiger partial charge >= 0.3 is 0 Å². The lowest BCUT2D eigenvalue weighted by atomic mass is 10.0. The lowest BCUT2D eigenvalue weighted by Gasteiger charge is -2.14. The highest BCUT2D eigenvalue weighted by molar-refractivity contribution is 8.15. The van der Waals surface area contributed by atoms with Crippen LogP contribution in [0.4, 0.5) is 0 Å². The number of allylic oxidation sites excluding steroid dienone is 1. The van der Waals surface area contributed by atoms with Crippen LogP contribution in [0, 0.1) is 0 Å². The van der Waals surface area contributed by atoms with E-state index >= 15 is 0 Å². The second-order valence-corrected chi connectivity index (χ2v) is 8.33. The van der Waals surface area contributed by atoms with Crippen LogP contribution in [0.15, 0.2) is 56.4 Å². The number of Topliss-reactive ketones (excluding diaryl/α,β-unsaturated/α-hetero) is 1. The van der Waals surface area contributed by atoms with Gasteiger partial charge in [-0.25, -0.2) is 0 Å². The number of carbonyl (C=O) groups excluding carboxylic acids is 2. The first-order chi connectivity index (χ1) is 15.0. The first-order valence-corrected chi connectivity index (χ1v) is 11.4. The average molecular weight is 446 g/mol. The van der Waals surface area contributed by atoms with Crippen molar-refractivity contribution in [1.29, 1.82) is 0 Å². The predicted molar refractivity (Wildman–Crippen MR) is 125 cm³/mol. The second kappa shape index (κ2) is 13.1. The minimum Gasteiger partial charge on any atom is -0.472 e. The first kappa shape index (κ1) is 24.8. The Morgan fingerprint density at radius 1 is 1.39 bits per heavy atom. The molecule has 0 fully saturated rings. The number of nitrogens with zero attached hydrogens (tertiary/aromatic N) is 2. The number of ether oxygens (including phenoxy) is 1. The molecule has 0 saturated heterocycles. The van der Waals surface area contributed by atoms with Crippen molar-refractivity contribution in [3.8, 4) is 0 Å². The van der Waals surface area contributed by atoms with Crippen molar-refractivity contribution in [2.24, 2.45) is 9.98 Å². The zero-order valence-corrected chi connectivity index (χ0v) is 19.2. The van der Waals surface area contributed by atoms with Crippen molar-refractivity contribution in [2.45, 2.75) is 57.7 Å². The van der Waals surface area contributed by atoms with E-state index in [0.717, 1.165) is 24.0 Å². The Morgan fingerprint density at radius 2 is 2.19 bits per heavy atom. The maximum Gasteiger partial charge on any atom is 0.258 e. The van der Waals surface area contributed by atoms with Gasteiger partial charge < -0.3 is 14.5 Å². The van der Waals surface area contributed by atoms with Crippen LogP contribution in [0.3, 0.4) is 0 Å². The van der Waals surface area contributed by atoms with Crippen molar-refractivity contribution in [3.05, 3.63) is 47.6 Å². The largest absolute Gasteiger partial charge is 0.472 e. The topological polar surface area (TPSA) is 93.3 Å². The third-order valence-corrected chi connectivity index (χ3v) is 5.86. The molecule has 0 radical (unpaired) electrons. The average Bonchev–Trinajstić information content (AvgIpc) is 3.40. The molecule has 8 heteroatoms. The van der Waals surface area contributed by atoms with Crippen LogP contribution in [0.25, 0.3) is 0 Å². The Bertz CT molecular complexity index is 843. The Hall–Kier alpha value is -2.45. The number of amides is 1. The molecule has 1 aliphatic rings. The van der Waals surface area contributed by atoms with E-state index in [1.54, 1.807) is 24.7 Å². The summed E-state index contributed by atoms with van der Waals surface area (Å²) in [4.78, 5) is 34.0. The third-order valence-electron chi connectivity index (χ3n) is 4.66. The highest BCUT2D eigenvalue weighted by Gasteiger charge is 2.37. The van der Waals surface area contributed by atoms with E-state index in [1.807, 2.05) is 13.8 Å². The summed E-state index contributed by atoms with van der Waals surface area (Å²) >= 11 is 1.27. The van der Waals surface area contributed by atoms with E-state index in [-0.39, 0.29) is 11.7 Å². The quantitative estimate of drug-likeness (QED) is 0.219. The molecule has 2 heterocycles. The Morgan fingerprint density at radius 3 is 2.84 bits per heavy atom. The number of carbonyl (C=O) groups is 2. The van der Waals surface area contributed by atoms with Crippen LogP contribution < -0.4 is 5.32 Å². The van der Waals surface area contributed by atoms with Crippen LogP contribution in [0.5, 0.6) is 0 Å². The van der Waals surface area contributed by atoms with Crippen LogP contribution in [0.1, 0.15) is 58.1 Å². The third kappa shape index (κ3) is 7.63. The zero-order valence-electron chi connectivity index (χ0n) is 18.4. The normalized spacial score (nSPS) is 19.3. The highest BCUT2D eigenvalue weighted by atomic mass is 32.2. The van der Waals surface area contributed by atoms with Gasteiger partial charge in [0.25, 0.3) is 5.91 Å². The summed E-state index contributed by atoms with van der Waals surface area (Å²) < 4.78 is 10.5. The van der Waals surface area contributed by atoms with E-state index in [4.69, 9.17) is 9.15 Å². The predicted octanol–water partition coefficient (Wildman–Crippen LogP) is 4.63.